The molecule has 0 aliphatic carbocycles. The molecule has 1 aromatic carbocycles. The number of nitrogens with one attached hydrogen (secondary N) is 1. The zero-order valence-corrected chi connectivity index (χ0v) is 12.8. The Labute approximate surface area is 121 Å². The van der Waals surface area contributed by atoms with Gasteiger partial charge in [-0.25, -0.2) is 4.39 Å². The summed E-state index contributed by atoms with van der Waals surface area (Å²) in [6.45, 7) is 1.01. The molecule has 106 valence electrons. The summed E-state index contributed by atoms with van der Waals surface area (Å²) in [4.78, 5) is 0. The van der Waals surface area contributed by atoms with Gasteiger partial charge in [-0.2, -0.15) is 0 Å². The van der Waals surface area contributed by atoms with E-state index in [0.717, 1.165) is 17.4 Å². The largest absolute Gasteiger partial charge is 0.493 e. The molecule has 1 unspecified atom stereocenters. The van der Waals surface area contributed by atoms with Gasteiger partial charge in [0.05, 0.1) is 14.2 Å². The van der Waals surface area contributed by atoms with Crippen LogP contribution in [0.15, 0.2) is 10.5 Å². The minimum atomic E-state index is -0.332. The summed E-state index contributed by atoms with van der Waals surface area (Å²) >= 11 is 3.43. The zero-order valence-electron chi connectivity index (χ0n) is 11.3. The molecule has 0 bridgehead atoms. The van der Waals surface area contributed by atoms with Crippen LogP contribution in [0, 0.1) is 5.82 Å². The molecular formula is C14H19BrFNO2. The van der Waals surface area contributed by atoms with Crippen LogP contribution in [0.25, 0.3) is 0 Å². The summed E-state index contributed by atoms with van der Waals surface area (Å²) < 4.78 is 25.4. The number of hydrogen-bond acceptors (Lipinski definition) is 3. The summed E-state index contributed by atoms with van der Waals surface area (Å²) in [6, 6.07) is 2.10. The van der Waals surface area contributed by atoms with Gasteiger partial charge < -0.3 is 14.8 Å². The fraction of sp³-hybridized carbons (Fsp3) is 0.571. The molecular weight excluding hydrogens is 313 g/mol. The van der Waals surface area contributed by atoms with Gasteiger partial charge in [-0.3, -0.25) is 0 Å². The van der Waals surface area contributed by atoms with Crippen molar-refractivity contribution in [3.05, 3.63) is 21.9 Å². The number of methoxy groups -OCH3 is 2. The van der Waals surface area contributed by atoms with Gasteiger partial charge in [0.2, 0.25) is 0 Å². The van der Waals surface area contributed by atoms with E-state index in [1.807, 2.05) is 0 Å². The number of benzene rings is 1. The molecule has 1 aromatic rings. The third kappa shape index (κ3) is 3.20. The molecule has 3 nitrogen and oxygen atoms in total. The Morgan fingerprint density at radius 1 is 1.37 bits per heavy atom. The summed E-state index contributed by atoms with van der Waals surface area (Å²) in [5.74, 6) is 0.254. The minimum Gasteiger partial charge on any atom is -0.493 e. The average Bonchev–Trinajstić information content (AvgIpc) is 2.44. The molecule has 0 radical (unpaired) electrons. The maximum Gasteiger partial charge on any atom is 0.197 e. The van der Waals surface area contributed by atoms with Crippen LogP contribution in [0.3, 0.4) is 0 Å². The monoisotopic (exact) mass is 331 g/mol. The molecule has 0 saturated carbocycles. The van der Waals surface area contributed by atoms with E-state index in [0.29, 0.717) is 23.8 Å². The second-order valence-electron chi connectivity index (χ2n) is 4.74. The van der Waals surface area contributed by atoms with E-state index >= 15 is 0 Å². The first-order chi connectivity index (χ1) is 9.17. The Kier molecular flexibility index (Phi) is 5.05. The van der Waals surface area contributed by atoms with Crippen molar-refractivity contribution in [2.75, 3.05) is 20.8 Å². The van der Waals surface area contributed by atoms with Crippen molar-refractivity contribution in [2.45, 2.75) is 31.7 Å². The standard InChI is InChI=1S/C14H19BrFNO2/c1-18-12-8-11(15)10(13(16)14(12)19-2)7-9-5-3-4-6-17-9/h8-9,17H,3-7H2,1-2H3. The Balaban J connectivity index is 2.28. The van der Waals surface area contributed by atoms with E-state index in [-0.39, 0.29) is 11.6 Å². The van der Waals surface area contributed by atoms with Gasteiger partial charge in [-0.1, -0.05) is 22.4 Å². The molecule has 0 spiro atoms. The van der Waals surface area contributed by atoms with Gasteiger partial charge in [0, 0.05) is 16.1 Å². The highest BCUT2D eigenvalue weighted by atomic mass is 79.9. The lowest BCUT2D eigenvalue weighted by Crippen LogP contribution is -2.35. The van der Waals surface area contributed by atoms with Gasteiger partial charge in [0.25, 0.3) is 0 Å². The normalized spacial score (nSPS) is 19.3. The van der Waals surface area contributed by atoms with Gasteiger partial charge in [-0.15, -0.1) is 0 Å². The Morgan fingerprint density at radius 2 is 2.16 bits per heavy atom. The molecule has 1 fully saturated rings. The number of hydrogen-bond donors (Lipinski definition) is 1. The second kappa shape index (κ2) is 6.57. The van der Waals surface area contributed by atoms with Crippen LogP contribution >= 0.6 is 15.9 Å². The predicted molar refractivity (Wildman–Crippen MR) is 76.5 cm³/mol. The molecule has 1 aliphatic rings. The quantitative estimate of drug-likeness (QED) is 0.918. The molecule has 1 aliphatic heterocycles. The highest BCUT2D eigenvalue weighted by Crippen LogP contribution is 2.37. The molecule has 0 aromatic heterocycles. The van der Waals surface area contributed by atoms with Crippen LogP contribution in [-0.4, -0.2) is 26.8 Å². The third-order valence-corrected chi connectivity index (χ3v) is 4.23. The van der Waals surface area contributed by atoms with Crippen molar-refractivity contribution >= 4 is 15.9 Å². The molecule has 1 saturated heterocycles. The van der Waals surface area contributed by atoms with Crippen molar-refractivity contribution in [3.63, 3.8) is 0 Å². The SMILES string of the molecule is COc1cc(Br)c(CC2CCCCN2)c(F)c1OC. The van der Waals surface area contributed by atoms with Crippen molar-refractivity contribution < 1.29 is 13.9 Å². The van der Waals surface area contributed by atoms with Gasteiger partial charge in [0.1, 0.15) is 0 Å². The molecule has 19 heavy (non-hydrogen) atoms. The zero-order chi connectivity index (χ0) is 13.8. The summed E-state index contributed by atoms with van der Waals surface area (Å²) in [7, 11) is 2.96. The van der Waals surface area contributed by atoms with Crippen molar-refractivity contribution in [2.24, 2.45) is 0 Å². The lowest BCUT2D eigenvalue weighted by molar-refractivity contribution is 0.333. The van der Waals surface area contributed by atoms with Gasteiger partial charge in [0.15, 0.2) is 17.3 Å². The number of ether oxygens (including phenoxy) is 2. The number of rotatable bonds is 4. The van der Waals surface area contributed by atoms with Crippen LogP contribution in [0.1, 0.15) is 24.8 Å². The first-order valence-electron chi connectivity index (χ1n) is 6.49. The Morgan fingerprint density at radius 3 is 2.74 bits per heavy atom. The lowest BCUT2D eigenvalue weighted by atomic mass is 9.97. The van der Waals surface area contributed by atoms with Crippen LogP contribution in [-0.2, 0) is 6.42 Å². The molecule has 5 heteroatoms. The first-order valence-corrected chi connectivity index (χ1v) is 7.29. The molecule has 0 amide bonds. The van der Waals surface area contributed by atoms with E-state index in [9.17, 15) is 4.39 Å². The fourth-order valence-corrected chi connectivity index (χ4v) is 3.04. The molecule has 1 N–H and O–H groups in total. The van der Waals surface area contributed by atoms with Crippen LogP contribution in [0.5, 0.6) is 11.5 Å². The Hall–Kier alpha value is -0.810. The summed E-state index contributed by atoms with van der Waals surface area (Å²) in [5.41, 5.74) is 0.650. The third-order valence-electron chi connectivity index (χ3n) is 3.52. The Bertz CT molecular complexity index is 448. The smallest absolute Gasteiger partial charge is 0.197 e. The number of halogens is 2. The van der Waals surface area contributed by atoms with E-state index in [1.54, 1.807) is 6.07 Å². The van der Waals surface area contributed by atoms with E-state index < -0.39 is 0 Å². The maximum atomic E-state index is 14.5. The predicted octanol–water partition coefficient (Wildman–Crippen LogP) is 3.29. The molecule has 2 rings (SSSR count). The van der Waals surface area contributed by atoms with Gasteiger partial charge in [-0.05, 0) is 31.9 Å². The highest BCUT2D eigenvalue weighted by molar-refractivity contribution is 9.10. The summed E-state index contributed by atoms with van der Waals surface area (Å²) in [5, 5.41) is 3.43. The average molecular weight is 332 g/mol. The van der Waals surface area contributed by atoms with Crippen molar-refractivity contribution in [1.82, 2.24) is 5.32 Å². The topological polar surface area (TPSA) is 30.5 Å². The highest BCUT2D eigenvalue weighted by Gasteiger charge is 2.22. The maximum absolute atomic E-state index is 14.5. The van der Waals surface area contributed by atoms with Crippen LogP contribution in [0.2, 0.25) is 0 Å². The van der Waals surface area contributed by atoms with Crippen LogP contribution < -0.4 is 14.8 Å². The number of piperidine rings is 1. The van der Waals surface area contributed by atoms with Crippen LogP contribution in [0.4, 0.5) is 4.39 Å². The molecule has 1 heterocycles. The fourth-order valence-electron chi connectivity index (χ4n) is 2.49. The van der Waals surface area contributed by atoms with E-state index in [2.05, 4.69) is 21.2 Å². The van der Waals surface area contributed by atoms with E-state index in [4.69, 9.17) is 9.47 Å². The second-order valence-corrected chi connectivity index (χ2v) is 5.59. The first kappa shape index (κ1) is 14.6. The lowest BCUT2D eigenvalue weighted by Gasteiger charge is -2.24. The summed E-state index contributed by atoms with van der Waals surface area (Å²) in [6.07, 6.45) is 4.14. The molecule has 1 atom stereocenters. The van der Waals surface area contributed by atoms with Crippen molar-refractivity contribution in [3.8, 4) is 11.5 Å². The minimum absolute atomic E-state index is 0.177. The van der Waals surface area contributed by atoms with E-state index in [1.165, 1.54) is 27.1 Å². The van der Waals surface area contributed by atoms with Crippen molar-refractivity contribution in [1.29, 1.82) is 0 Å². The van der Waals surface area contributed by atoms with Gasteiger partial charge >= 0.3 is 0 Å².